The quantitative estimate of drug-likeness (QED) is 0.579. The third-order valence-corrected chi connectivity index (χ3v) is 6.30. The fourth-order valence-electron chi connectivity index (χ4n) is 3.33. The first kappa shape index (κ1) is 19.7. The van der Waals surface area contributed by atoms with Gasteiger partial charge in [-0.2, -0.15) is 5.10 Å². The van der Waals surface area contributed by atoms with Crippen molar-refractivity contribution in [2.24, 2.45) is 0 Å². The van der Waals surface area contributed by atoms with Crippen molar-refractivity contribution in [3.8, 4) is 0 Å². The molecule has 1 amide bonds. The van der Waals surface area contributed by atoms with Crippen LogP contribution in [0.4, 0.5) is 0 Å². The minimum absolute atomic E-state index is 0.182. The number of carbonyl (C=O) groups is 2. The van der Waals surface area contributed by atoms with Gasteiger partial charge in [-0.3, -0.25) is 9.48 Å². The van der Waals surface area contributed by atoms with Crippen molar-refractivity contribution in [1.82, 2.24) is 14.7 Å². The van der Waals surface area contributed by atoms with Crippen molar-refractivity contribution < 1.29 is 14.3 Å². The normalized spacial score (nSPS) is 14.3. The molecule has 1 unspecified atom stereocenters. The van der Waals surface area contributed by atoms with Gasteiger partial charge in [0.05, 0.1) is 18.3 Å². The number of aromatic nitrogens is 2. The molecule has 0 N–H and O–H groups in total. The van der Waals surface area contributed by atoms with E-state index in [4.69, 9.17) is 16.3 Å². The standard InChI is InChI=1S/C21H20ClN3O3S/c1-14(20(26)24-8-6-19-16(11-24)7-9-29-19)28-21(27)17-10-23-25(13-17)12-15-4-2-3-5-18(15)22/h2-5,7,9-10,13-14H,6,8,11-12H2,1H3. The van der Waals surface area contributed by atoms with Crippen molar-refractivity contribution in [2.75, 3.05) is 6.54 Å². The third kappa shape index (κ3) is 4.36. The molecule has 6 nitrogen and oxygen atoms in total. The van der Waals surface area contributed by atoms with Crippen molar-refractivity contribution in [2.45, 2.75) is 32.5 Å². The minimum atomic E-state index is -0.852. The summed E-state index contributed by atoms with van der Waals surface area (Å²) in [4.78, 5) is 28.2. The molecule has 29 heavy (non-hydrogen) atoms. The smallest absolute Gasteiger partial charge is 0.342 e. The number of amides is 1. The summed E-state index contributed by atoms with van der Waals surface area (Å²) in [6, 6.07) is 9.51. The Morgan fingerprint density at radius 2 is 2.14 bits per heavy atom. The largest absolute Gasteiger partial charge is 0.449 e. The molecule has 4 rings (SSSR count). The Morgan fingerprint density at radius 3 is 2.97 bits per heavy atom. The van der Waals surface area contributed by atoms with Crippen LogP contribution in [0.25, 0.3) is 0 Å². The van der Waals surface area contributed by atoms with E-state index in [1.54, 1.807) is 34.0 Å². The maximum absolute atomic E-state index is 12.7. The molecule has 0 saturated heterocycles. The van der Waals surface area contributed by atoms with Gasteiger partial charge in [-0.05, 0) is 42.0 Å². The molecule has 0 fully saturated rings. The number of hydrogen-bond donors (Lipinski definition) is 0. The molecule has 150 valence electrons. The molecule has 0 aliphatic carbocycles. The zero-order chi connectivity index (χ0) is 20.4. The lowest BCUT2D eigenvalue weighted by molar-refractivity contribution is -0.140. The first-order valence-corrected chi connectivity index (χ1v) is 10.6. The summed E-state index contributed by atoms with van der Waals surface area (Å²) in [6.07, 6.45) is 3.03. The number of nitrogens with zero attached hydrogens (tertiary/aromatic N) is 3. The molecule has 0 saturated carbocycles. The molecule has 0 spiro atoms. The van der Waals surface area contributed by atoms with Crippen LogP contribution in [-0.4, -0.2) is 39.2 Å². The molecule has 3 aromatic rings. The van der Waals surface area contributed by atoms with E-state index >= 15 is 0 Å². The van der Waals surface area contributed by atoms with Gasteiger partial charge in [-0.25, -0.2) is 4.79 Å². The Morgan fingerprint density at radius 1 is 1.31 bits per heavy atom. The number of benzene rings is 1. The third-order valence-electron chi connectivity index (χ3n) is 4.91. The Kier molecular flexibility index (Phi) is 5.69. The van der Waals surface area contributed by atoms with Gasteiger partial charge in [0.25, 0.3) is 5.91 Å². The van der Waals surface area contributed by atoms with Gasteiger partial charge in [0.1, 0.15) is 0 Å². The number of fused-ring (bicyclic) bond motifs is 1. The fraction of sp³-hybridized carbons (Fsp3) is 0.286. The van der Waals surface area contributed by atoms with Gasteiger partial charge in [0.15, 0.2) is 6.10 Å². The van der Waals surface area contributed by atoms with Crippen LogP contribution >= 0.6 is 22.9 Å². The predicted molar refractivity (Wildman–Crippen MR) is 111 cm³/mol. The summed E-state index contributed by atoms with van der Waals surface area (Å²) in [5, 5.41) is 6.88. The molecule has 0 radical (unpaired) electrons. The average Bonchev–Trinajstić information content (AvgIpc) is 3.38. The highest BCUT2D eigenvalue weighted by Crippen LogP contribution is 2.24. The molecule has 3 heterocycles. The number of rotatable bonds is 5. The minimum Gasteiger partial charge on any atom is -0.449 e. The maximum Gasteiger partial charge on any atom is 0.342 e. The summed E-state index contributed by atoms with van der Waals surface area (Å²) in [5.41, 5.74) is 2.38. The predicted octanol–water partition coefficient (Wildman–Crippen LogP) is 3.78. The molecule has 2 aromatic heterocycles. The van der Waals surface area contributed by atoms with E-state index in [2.05, 4.69) is 5.10 Å². The van der Waals surface area contributed by atoms with Crippen molar-refractivity contribution in [3.05, 3.63) is 74.7 Å². The van der Waals surface area contributed by atoms with E-state index in [0.29, 0.717) is 30.2 Å². The molecular weight excluding hydrogens is 410 g/mol. The summed E-state index contributed by atoms with van der Waals surface area (Å²) >= 11 is 7.89. The zero-order valence-electron chi connectivity index (χ0n) is 15.9. The Labute approximate surface area is 177 Å². The van der Waals surface area contributed by atoms with Gasteiger partial charge >= 0.3 is 5.97 Å². The Bertz CT molecular complexity index is 1050. The van der Waals surface area contributed by atoms with Crippen LogP contribution in [0.3, 0.4) is 0 Å². The second-order valence-electron chi connectivity index (χ2n) is 6.94. The van der Waals surface area contributed by atoms with Gasteiger partial charge in [0.2, 0.25) is 0 Å². The second kappa shape index (κ2) is 8.39. The topological polar surface area (TPSA) is 64.4 Å². The van der Waals surface area contributed by atoms with E-state index < -0.39 is 12.1 Å². The molecule has 1 atom stereocenters. The summed E-state index contributed by atoms with van der Waals surface area (Å²) in [5.74, 6) is -0.747. The van der Waals surface area contributed by atoms with E-state index in [9.17, 15) is 9.59 Å². The number of thiophene rings is 1. The van der Waals surface area contributed by atoms with E-state index in [0.717, 1.165) is 12.0 Å². The second-order valence-corrected chi connectivity index (χ2v) is 8.35. The molecule has 1 aliphatic rings. The molecule has 1 aromatic carbocycles. The Balaban J connectivity index is 1.36. The van der Waals surface area contributed by atoms with Gasteiger partial charge < -0.3 is 9.64 Å². The summed E-state index contributed by atoms with van der Waals surface area (Å²) in [6.45, 7) is 3.26. The molecule has 0 bridgehead atoms. The molecular formula is C21H20ClN3O3S. The highest BCUT2D eigenvalue weighted by atomic mass is 35.5. The Hall–Kier alpha value is -2.64. The van der Waals surface area contributed by atoms with Crippen LogP contribution in [0.15, 0.2) is 48.1 Å². The lowest BCUT2D eigenvalue weighted by Crippen LogP contribution is -2.42. The van der Waals surface area contributed by atoms with Crippen LogP contribution in [0.2, 0.25) is 5.02 Å². The number of esters is 1. The van der Waals surface area contributed by atoms with Crippen molar-refractivity contribution in [1.29, 1.82) is 0 Å². The van der Waals surface area contributed by atoms with Crippen LogP contribution in [-0.2, 0) is 29.0 Å². The monoisotopic (exact) mass is 429 g/mol. The van der Waals surface area contributed by atoms with Crippen LogP contribution in [0.5, 0.6) is 0 Å². The van der Waals surface area contributed by atoms with Gasteiger partial charge in [-0.15, -0.1) is 11.3 Å². The number of halogens is 1. The van der Waals surface area contributed by atoms with Crippen LogP contribution in [0.1, 0.15) is 33.3 Å². The molecule has 8 heteroatoms. The van der Waals surface area contributed by atoms with E-state index in [1.165, 1.54) is 16.6 Å². The van der Waals surface area contributed by atoms with Gasteiger partial charge in [0, 0.05) is 29.2 Å². The van der Waals surface area contributed by atoms with Crippen LogP contribution in [0, 0.1) is 0 Å². The van der Waals surface area contributed by atoms with E-state index in [-0.39, 0.29) is 5.91 Å². The van der Waals surface area contributed by atoms with Crippen molar-refractivity contribution in [3.63, 3.8) is 0 Å². The van der Waals surface area contributed by atoms with E-state index in [1.807, 2.05) is 35.7 Å². The lowest BCUT2D eigenvalue weighted by Gasteiger charge is -2.29. The maximum atomic E-state index is 12.7. The van der Waals surface area contributed by atoms with Crippen LogP contribution < -0.4 is 0 Å². The van der Waals surface area contributed by atoms with Crippen molar-refractivity contribution >= 4 is 34.8 Å². The zero-order valence-corrected chi connectivity index (χ0v) is 17.4. The van der Waals surface area contributed by atoms with Gasteiger partial charge in [-0.1, -0.05) is 29.8 Å². The SMILES string of the molecule is CC(OC(=O)c1cnn(Cc2ccccc2Cl)c1)C(=O)N1CCc2sccc2C1. The first-order chi connectivity index (χ1) is 14.0. The number of hydrogen-bond acceptors (Lipinski definition) is 5. The molecule has 1 aliphatic heterocycles. The summed E-state index contributed by atoms with van der Waals surface area (Å²) in [7, 11) is 0. The fourth-order valence-corrected chi connectivity index (χ4v) is 4.41. The number of ether oxygens (including phenoxy) is 1. The highest BCUT2D eigenvalue weighted by molar-refractivity contribution is 7.10. The summed E-state index contributed by atoms with van der Waals surface area (Å²) < 4.78 is 7.02. The first-order valence-electron chi connectivity index (χ1n) is 9.32. The average molecular weight is 430 g/mol. The lowest BCUT2D eigenvalue weighted by atomic mass is 10.1. The highest BCUT2D eigenvalue weighted by Gasteiger charge is 2.28. The number of carbonyl (C=O) groups excluding carboxylic acids is 2.